The molecule has 0 atom stereocenters. The molecule has 0 fully saturated rings. The number of allylic oxidation sites excluding steroid dienone is 1. The highest BCUT2D eigenvalue weighted by atomic mass is 16.5. The molecule has 0 aliphatic carbocycles. The van der Waals surface area contributed by atoms with Gasteiger partial charge in [-0.1, -0.05) is 25.5 Å². The second-order valence-corrected chi connectivity index (χ2v) is 4.55. The number of carbonyl (C=O) groups is 1. The summed E-state index contributed by atoms with van der Waals surface area (Å²) >= 11 is 0. The number of benzene rings is 1. The first-order valence-corrected chi connectivity index (χ1v) is 7.23. The molecule has 0 heterocycles. The molecule has 0 bridgehead atoms. The molecule has 0 N–H and O–H groups in total. The molecule has 0 unspecified atom stereocenters. The second kappa shape index (κ2) is 9.06. The van der Waals surface area contributed by atoms with Crippen LogP contribution in [0, 0.1) is 0 Å². The molecule has 0 saturated heterocycles. The molecule has 0 saturated carbocycles. The summed E-state index contributed by atoms with van der Waals surface area (Å²) in [6.45, 7) is 4.24. The van der Waals surface area contributed by atoms with Crippen LogP contribution in [-0.4, -0.2) is 26.8 Å². The smallest absolute Gasteiger partial charge is 0.333 e. The maximum Gasteiger partial charge on any atom is 0.333 e. The Bertz CT molecular complexity index is 469. The van der Waals surface area contributed by atoms with Crippen LogP contribution in [0.4, 0.5) is 0 Å². The molecule has 1 rings (SSSR count). The number of methoxy groups -OCH3 is 2. The predicted molar refractivity (Wildman–Crippen MR) is 82.9 cm³/mol. The van der Waals surface area contributed by atoms with Gasteiger partial charge >= 0.3 is 5.97 Å². The third kappa shape index (κ3) is 4.81. The molecular weight excluding hydrogens is 268 g/mol. The van der Waals surface area contributed by atoms with Crippen molar-refractivity contribution in [2.45, 2.75) is 33.1 Å². The largest absolute Gasteiger partial charge is 0.496 e. The minimum Gasteiger partial charge on any atom is -0.496 e. The summed E-state index contributed by atoms with van der Waals surface area (Å²) in [5, 5.41) is 0. The van der Waals surface area contributed by atoms with Crippen LogP contribution in [0.3, 0.4) is 0 Å². The van der Waals surface area contributed by atoms with Gasteiger partial charge in [-0.25, -0.2) is 4.79 Å². The fraction of sp³-hybridized carbons (Fsp3) is 0.471. The molecule has 0 aliphatic rings. The lowest BCUT2D eigenvalue weighted by atomic mass is 10.0. The highest BCUT2D eigenvalue weighted by molar-refractivity contribution is 5.88. The van der Waals surface area contributed by atoms with Crippen molar-refractivity contribution in [3.05, 3.63) is 35.4 Å². The summed E-state index contributed by atoms with van der Waals surface area (Å²) in [5.74, 6) is 1.27. The van der Waals surface area contributed by atoms with Crippen LogP contribution in [0.1, 0.15) is 32.3 Å². The second-order valence-electron chi connectivity index (χ2n) is 4.55. The van der Waals surface area contributed by atoms with Gasteiger partial charge < -0.3 is 14.2 Å². The van der Waals surface area contributed by atoms with E-state index in [1.165, 1.54) is 0 Å². The molecule has 4 nitrogen and oxygen atoms in total. The van der Waals surface area contributed by atoms with Gasteiger partial charge in [-0.3, -0.25) is 0 Å². The van der Waals surface area contributed by atoms with Crippen molar-refractivity contribution in [3.8, 4) is 11.5 Å². The Morgan fingerprint density at radius 3 is 2.24 bits per heavy atom. The molecule has 0 aliphatic heterocycles. The van der Waals surface area contributed by atoms with Crippen LogP contribution in [0.25, 0.3) is 0 Å². The van der Waals surface area contributed by atoms with Crippen LogP contribution in [0.5, 0.6) is 11.5 Å². The van der Waals surface area contributed by atoms with Crippen molar-refractivity contribution < 1.29 is 19.0 Å². The third-order valence-corrected chi connectivity index (χ3v) is 3.14. The zero-order valence-electron chi connectivity index (χ0n) is 13.3. The van der Waals surface area contributed by atoms with Crippen molar-refractivity contribution in [1.82, 2.24) is 0 Å². The summed E-state index contributed by atoms with van der Waals surface area (Å²) in [4.78, 5) is 11.9. The maximum absolute atomic E-state index is 11.9. The molecule has 0 aromatic heterocycles. The van der Waals surface area contributed by atoms with Crippen LogP contribution in [-0.2, 0) is 16.0 Å². The van der Waals surface area contributed by atoms with E-state index in [0.29, 0.717) is 25.0 Å². The Hall–Kier alpha value is -1.97. The van der Waals surface area contributed by atoms with Gasteiger partial charge in [0.2, 0.25) is 0 Å². The fourth-order valence-corrected chi connectivity index (χ4v) is 2.14. The van der Waals surface area contributed by atoms with Crippen LogP contribution >= 0.6 is 0 Å². The quantitative estimate of drug-likeness (QED) is 0.543. The maximum atomic E-state index is 11.9. The Morgan fingerprint density at radius 1 is 1.14 bits per heavy atom. The summed E-state index contributed by atoms with van der Waals surface area (Å²) in [6, 6.07) is 5.65. The molecule has 0 amide bonds. The van der Waals surface area contributed by atoms with Gasteiger partial charge in [-0.05, 0) is 31.9 Å². The lowest BCUT2D eigenvalue weighted by Crippen LogP contribution is -2.08. The molecule has 21 heavy (non-hydrogen) atoms. The Morgan fingerprint density at radius 2 is 1.76 bits per heavy atom. The predicted octanol–water partition coefficient (Wildman–Crippen LogP) is 3.54. The average Bonchev–Trinajstić information content (AvgIpc) is 2.51. The SMILES string of the molecule is CCC/C(=C\Cc1c(OC)cccc1OC)C(=O)OCC. The number of hydrogen-bond acceptors (Lipinski definition) is 4. The first-order valence-electron chi connectivity index (χ1n) is 7.23. The van der Waals surface area contributed by atoms with E-state index in [2.05, 4.69) is 0 Å². The van der Waals surface area contributed by atoms with Gasteiger partial charge in [-0.2, -0.15) is 0 Å². The lowest BCUT2D eigenvalue weighted by Gasteiger charge is -2.12. The van der Waals surface area contributed by atoms with E-state index in [1.807, 2.05) is 38.1 Å². The topological polar surface area (TPSA) is 44.8 Å². The summed E-state index contributed by atoms with van der Waals surface area (Å²) in [6.07, 6.45) is 4.08. The Balaban J connectivity index is 3.01. The van der Waals surface area contributed by atoms with Gasteiger partial charge in [0, 0.05) is 11.1 Å². The standard InChI is InChI=1S/C17H24O4/c1-5-8-13(17(18)21-6-2)11-12-14-15(19-3)9-7-10-16(14)20-4/h7,9-11H,5-6,8,12H2,1-4H3/b13-11+. The minimum atomic E-state index is -0.242. The molecule has 1 aromatic carbocycles. The van der Waals surface area contributed by atoms with Gasteiger partial charge in [0.05, 0.1) is 20.8 Å². The van der Waals surface area contributed by atoms with Crippen LogP contribution in [0.15, 0.2) is 29.8 Å². The molecule has 0 spiro atoms. The molecule has 116 valence electrons. The number of rotatable bonds is 8. The monoisotopic (exact) mass is 292 g/mol. The third-order valence-electron chi connectivity index (χ3n) is 3.14. The molecule has 0 radical (unpaired) electrons. The molecule has 1 aromatic rings. The number of ether oxygens (including phenoxy) is 3. The van der Waals surface area contributed by atoms with Gasteiger partial charge in [0.25, 0.3) is 0 Å². The van der Waals surface area contributed by atoms with E-state index < -0.39 is 0 Å². The van der Waals surface area contributed by atoms with Crippen molar-refractivity contribution in [2.24, 2.45) is 0 Å². The summed E-state index contributed by atoms with van der Waals surface area (Å²) in [5.41, 5.74) is 1.63. The number of carbonyl (C=O) groups excluding carboxylic acids is 1. The van der Waals surface area contributed by atoms with Crippen molar-refractivity contribution in [2.75, 3.05) is 20.8 Å². The number of esters is 1. The van der Waals surface area contributed by atoms with Crippen LogP contribution < -0.4 is 9.47 Å². The summed E-state index contributed by atoms with van der Waals surface area (Å²) in [7, 11) is 3.25. The van der Waals surface area contributed by atoms with Gasteiger partial charge in [-0.15, -0.1) is 0 Å². The average molecular weight is 292 g/mol. The van der Waals surface area contributed by atoms with E-state index in [-0.39, 0.29) is 5.97 Å². The van der Waals surface area contributed by atoms with E-state index in [1.54, 1.807) is 14.2 Å². The van der Waals surface area contributed by atoms with E-state index in [4.69, 9.17) is 14.2 Å². The highest BCUT2D eigenvalue weighted by Gasteiger charge is 2.12. The Kier molecular flexibility index (Phi) is 7.37. The van der Waals surface area contributed by atoms with Crippen molar-refractivity contribution in [3.63, 3.8) is 0 Å². The number of hydrogen-bond donors (Lipinski definition) is 0. The van der Waals surface area contributed by atoms with Crippen molar-refractivity contribution in [1.29, 1.82) is 0 Å². The Labute approximate surface area is 126 Å². The van der Waals surface area contributed by atoms with Crippen molar-refractivity contribution >= 4 is 5.97 Å². The fourth-order valence-electron chi connectivity index (χ4n) is 2.14. The first-order chi connectivity index (χ1) is 10.2. The lowest BCUT2D eigenvalue weighted by molar-refractivity contribution is -0.138. The first kappa shape index (κ1) is 17.1. The van der Waals surface area contributed by atoms with Crippen LogP contribution in [0.2, 0.25) is 0 Å². The molecular formula is C17H24O4. The van der Waals surface area contributed by atoms with E-state index >= 15 is 0 Å². The minimum absolute atomic E-state index is 0.242. The van der Waals surface area contributed by atoms with Gasteiger partial charge in [0.1, 0.15) is 11.5 Å². The molecule has 4 heteroatoms. The summed E-state index contributed by atoms with van der Waals surface area (Å²) < 4.78 is 15.8. The normalized spacial score (nSPS) is 11.1. The van der Waals surface area contributed by atoms with Gasteiger partial charge in [0.15, 0.2) is 0 Å². The van der Waals surface area contributed by atoms with E-state index in [0.717, 1.165) is 23.5 Å². The highest BCUT2D eigenvalue weighted by Crippen LogP contribution is 2.29. The zero-order valence-corrected chi connectivity index (χ0v) is 13.3. The van der Waals surface area contributed by atoms with E-state index in [9.17, 15) is 4.79 Å². The zero-order chi connectivity index (χ0) is 15.7.